The number of para-hydroxylation sites is 1. The van der Waals surface area contributed by atoms with Gasteiger partial charge in [0.15, 0.2) is 0 Å². The Morgan fingerprint density at radius 2 is 2.25 bits per heavy atom. The van der Waals surface area contributed by atoms with Gasteiger partial charge in [0, 0.05) is 17.8 Å². The molecule has 0 radical (unpaired) electrons. The summed E-state index contributed by atoms with van der Waals surface area (Å²) >= 11 is 0. The molecule has 1 aromatic carbocycles. The van der Waals surface area contributed by atoms with Crippen molar-refractivity contribution in [1.82, 2.24) is 0 Å². The van der Waals surface area contributed by atoms with Crippen molar-refractivity contribution in [3.8, 4) is 5.75 Å². The van der Waals surface area contributed by atoms with Crippen molar-refractivity contribution in [3.05, 3.63) is 33.9 Å². The molecule has 84 valence electrons. The fraction of sp³-hybridized carbons (Fsp3) is 0.111. The first kappa shape index (κ1) is 11.6. The van der Waals surface area contributed by atoms with Crippen LogP contribution >= 0.6 is 0 Å². The summed E-state index contributed by atoms with van der Waals surface area (Å²) in [6, 6.07) is 3.91. The van der Waals surface area contributed by atoms with E-state index < -0.39 is 28.9 Å². The molecule has 7 nitrogen and oxygen atoms in total. The summed E-state index contributed by atoms with van der Waals surface area (Å²) < 4.78 is 0. The second-order valence-corrected chi connectivity index (χ2v) is 2.84. The van der Waals surface area contributed by atoms with Gasteiger partial charge >= 0.3 is 11.7 Å². The summed E-state index contributed by atoms with van der Waals surface area (Å²) in [6.07, 6.45) is 1.08. The van der Waals surface area contributed by atoms with Gasteiger partial charge in [-0.2, -0.15) is 0 Å². The third kappa shape index (κ3) is 2.77. The van der Waals surface area contributed by atoms with Crippen LogP contribution in [0.25, 0.3) is 0 Å². The summed E-state index contributed by atoms with van der Waals surface area (Å²) in [5, 5.41) is 28.2. The van der Waals surface area contributed by atoms with Crippen molar-refractivity contribution in [3.63, 3.8) is 0 Å². The van der Waals surface area contributed by atoms with Gasteiger partial charge in [-0.05, 0) is 6.07 Å². The largest absolute Gasteiger partial charge is 0.502 e. The molecule has 1 aromatic rings. The van der Waals surface area contributed by atoms with Gasteiger partial charge in [0.25, 0.3) is 0 Å². The van der Waals surface area contributed by atoms with Gasteiger partial charge in [0.05, 0.1) is 4.92 Å². The molecular weight excluding hydrogens is 216 g/mol. The molecule has 0 aliphatic heterocycles. The van der Waals surface area contributed by atoms with Gasteiger partial charge in [-0.15, -0.1) is 0 Å². The molecule has 0 saturated carbocycles. The second kappa shape index (κ2) is 4.87. The summed E-state index contributed by atoms with van der Waals surface area (Å²) in [5.74, 6) is -1.65. The number of nitro benzene ring substituents is 1. The Labute approximate surface area is 89.8 Å². The number of phenolic OH excluding ortho intramolecular Hbond substituents is 1. The zero-order valence-corrected chi connectivity index (χ0v) is 8.03. The Bertz CT molecular complexity index is 455. The lowest BCUT2D eigenvalue weighted by Gasteiger charge is -1.98. The summed E-state index contributed by atoms with van der Waals surface area (Å²) in [6.45, 7) is -0.456. The van der Waals surface area contributed by atoms with E-state index in [1.807, 2.05) is 0 Å². The minimum absolute atomic E-state index is 0.107. The molecular formula is C9H8N2O5. The van der Waals surface area contributed by atoms with Crippen molar-refractivity contribution in [2.45, 2.75) is 0 Å². The number of benzene rings is 1. The van der Waals surface area contributed by atoms with Crippen LogP contribution in [0.2, 0.25) is 0 Å². The lowest BCUT2D eigenvalue weighted by Crippen LogP contribution is -1.99. The first-order valence-electron chi connectivity index (χ1n) is 4.20. The molecule has 0 aromatic heterocycles. The Hall–Kier alpha value is -2.44. The first-order valence-corrected chi connectivity index (χ1v) is 4.20. The molecule has 0 atom stereocenters. The average molecular weight is 224 g/mol. The molecule has 0 amide bonds. The first-order chi connectivity index (χ1) is 7.52. The van der Waals surface area contributed by atoms with Gasteiger partial charge < -0.3 is 10.2 Å². The molecule has 0 bridgehead atoms. The smallest absolute Gasteiger partial charge is 0.325 e. The van der Waals surface area contributed by atoms with Gasteiger partial charge in [-0.25, -0.2) is 0 Å². The zero-order chi connectivity index (χ0) is 12.1. The van der Waals surface area contributed by atoms with Crippen molar-refractivity contribution >= 4 is 17.9 Å². The van der Waals surface area contributed by atoms with Crippen LogP contribution in [0.3, 0.4) is 0 Å². The Balaban J connectivity index is 2.97. The number of nitro groups is 1. The monoisotopic (exact) mass is 224 g/mol. The minimum atomic E-state index is -1.12. The highest BCUT2D eigenvalue weighted by atomic mass is 16.6. The number of phenols is 1. The quantitative estimate of drug-likeness (QED) is 0.446. The van der Waals surface area contributed by atoms with Crippen molar-refractivity contribution in [2.75, 3.05) is 6.54 Å². The molecule has 0 unspecified atom stereocenters. The highest BCUT2D eigenvalue weighted by Crippen LogP contribution is 2.27. The normalized spacial score (nSPS) is 10.5. The predicted octanol–water partition coefficient (Wildman–Crippen LogP) is 0.804. The summed E-state index contributed by atoms with van der Waals surface area (Å²) in [5.41, 5.74) is -0.338. The van der Waals surface area contributed by atoms with E-state index >= 15 is 0 Å². The number of hydrogen-bond donors (Lipinski definition) is 2. The molecule has 0 aliphatic rings. The number of carbonyl (C=O) groups is 1. The van der Waals surface area contributed by atoms with E-state index in [9.17, 15) is 20.0 Å². The molecule has 7 heteroatoms. The van der Waals surface area contributed by atoms with E-state index in [0.29, 0.717) is 0 Å². The van der Waals surface area contributed by atoms with Crippen LogP contribution < -0.4 is 0 Å². The fourth-order valence-corrected chi connectivity index (χ4v) is 1.02. The number of aliphatic imine (C=N–C) groups is 1. The number of aliphatic carboxylic acids is 1. The molecule has 0 aliphatic carbocycles. The molecule has 2 N–H and O–H groups in total. The van der Waals surface area contributed by atoms with Crippen LogP contribution in [-0.4, -0.2) is 33.9 Å². The Morgan fingerprint density at radius 3 is 2.81 bits per heavy atom. The lowest BCUT2D eigenvalue weighted by molar-refractivity contribution is -0.385. The van der Waals surface area contributed by atoms with Crippen LogP contribution in [0.15, 0.2) is 23.2 Å². The van der Waals surface area contributed by atoms with Crippen molar-refractivity contribution in [1.29, 1.82) is 0 Å². The maximum absolute atomic E-state index is 10.5. The average Bonchev–Trinajstić information content (AvgIpc) is 2.19. The molecule has 16 heavy (non-hydrogen) atoms. The number of carboxylic acid groups (broad SMARTS) is 1. The summed E-state index contributed by atoms with van der Waals surface area (Å²) in [7, 11) is 0. The van der Waals surface area contributed by atoms with Gasteiger partial charge in [0.2, 0.25) is 5.75 Å². The Morgan fingerprint density at radius 1 is 1.56 bits per heavy atom. The number of carboxylic acids is 1. The van der Waals surface area contributed by atoms with Gasteiger partial charge in [-0.3, -0.25) is 19.9 Å². The number of nitrogens with zero attached hydrogens (tertiary/aromatic N) is 2. The number of aromatic hydroxyl groups is 1. The molecule has 0 spiro atoms. The van der Waals surface area contributed by atoms with Gasteiger partial charge in [0.1, 0.15) is 6.54 Å². The number of hydrogen-bond acceptors (Lipinski definition) is 5. The molecule has 1 rings (SSSR count). The van der Waals surface area contributed by atoms with Gasteiger partial charge in [-0.1, -0.05) is 6.07 Å². The van der Waals surface area contributed by atoms with E-state index in [1.54, 1.807) is 0 Å². The lowest BCUT2D eigenvalue weighted by atomic mass is 10.2. The maximum atomic E-state index is 10.5. The molecule has 0 fully saturated rings. The van der Waals surface area contributed by atoms with E-state index in [-0.39, 0.29) is 5.56 Å². The highest BCUT2D eigenvalue weighted by Gasteiger charge is 2.14. The fourth-order valence-electron chi connectivity index (χ4n) is 1.02. The van der Waals surface area contributed by atoms with Crippen LogP contribution in [0.1, 0.15) is 5.56 Å². The van der Waals surface area contributed by atoms with E-state index in [2.05, 4.69) is 4.99 Å². The van der Waals surface area contributed by atoms with E-state index in [1.165, 1.54) is 12.1 Å². The molecule has 0 saturated heterocycles. The van der Waals surface area contributed by atoms with Crippen molar-refractivity contribution < 1.29 is 19.9 Å². The standard InChI is InChI=1S/C9H8N2O5/c12-8(13)5-10-4-6-2-1-3-7(9(6)14)11(15)16/h1-4,14H,5H2,(H,12,13). The third-order valence-corrected chi connectivity index (χ3v) is 1.70. The van der Waals surface area contributed by atoms with E-state index in [0.717, 1.165) is 12.3 Å². The molecule has 0 heterocycles. The number of rotatable bonds is 4. The van der Waals surface area contributed by atoms with Crippen LogP contribution in [-0.2, 0) is 4.79 Å². The Kier molecular flexibility index (Phi) is 3.54. The zero-order valence-electron chi connectivity index (χ0n) is 8.03. The van der Waals surface area contributed by atoms with E-state index in [4.69, 9.17) is 5.11 Å². The maximum Gasteiger partial charge on any atom is 0.325 e. The van der Waals surface area contributed by atoms with Crippen LogP contribution in [0.5, 0.6) is 5.75 Å². The predicted molar refractivity (Wildman–Crippen MR) is 54.9 cm³/mol. The SMILES string of the molecule is O=C(O)CN=Cc1cccc([N+](=O)[O-])c1O. The van der Waals surface area contributed by atoms with Crippen LogP contribution in [0, 0.1) is 10.1 Å². The minimum Gasteiger partial charge on any atom is -0.502 e. The second-order valence-electron chi connectivity index (χ2n) is 2.84. The van der Waals surface area contributed by atoms with Crippen LogP contribution in [0.4, 0.5) is 5.69 Å². The van der Waals surface area contributed by atoms with Crippen molar-refractivity contribution in [2.24, 2.45) is 4.99 Å². The highest BCUT2D eigenvalue weighted by molar-refractivity contribution is 5.86. The third-order valence-electron chi connectivity index (χ3n) is 1.70. The summed E-state index contributed by atoms with van der Waals surface area (Å²) in [4.78, 5) is 23.4. The topological polar surface area (TPSA) is 113 Å².